The van der Waals surface area contributed by atoms with Crippen LogP contribution in [0.4, 0.5) is 0 Å². The van der Waals surface area contributed by atoms with Crippen molar-refractivity contribution in [2.45, 2.75) is 77.7 Å². The molecule has 0 aliphatic heterocycles. The summed E-state index contributed by atoms with van der Waals surface area (Å²) in [5.41, 5.74) is 2.97. The van der Waals surface area contributed by atoms with E-state index in [4.69, 9.17) is 4.74 Å². The van der Waals surface area contributed by atoms with Gasteiger partial charge in [0.25, 0.3) is 5.91 Å². The van der Waals surface area contributed by atoms with Crippen molar-refractivity contribution in [3.05, 3.63) is 65.2 Å². The van der Waals surface area contributed by atoms with Crippen molar-refractivity contribution in [3.63, 3.8) is 0 Å². The highest BCUT2D eigenvalue weighted by atomic mass is 16.5. The second kappa shape index (κ2) is 15.1. The number of carbonyl (C=O) groups is 2. The Labute approximate surface area is 198 Å². The Morgan fingerprint density at radius 2 is 1.55 bits per heavy atom. The third-order valence-corrected chi connectivity index (χ3v) is 5.73. The van der Waals surface area contributed by atoms with Gasteiger partial charge in [0.05, 0.1) is 13.5 Å². The third kappa shape index (κ3) is 9.68. The Bertz CT molecular complexity index is 830. The molecule has 0 aliphatic carbocycles. The van der Waals surface area contributed by atoms with Gasteiger partial charge in [0.15, 0.2) is 0 Å². The molecule has 2 rings (SSSR count). The summed E-state index contributed by atoms with van der Waals surface area (Å²) in [4.78, 5) is 23.5. The minimum Gasteiger partial charge on any atom is -0.486 e. The number of rotatable bonds is 15. The summed E-state index contributed by atoms with van der Waals surface area (Å²) in [7, 11) is 1.34. The maximum absolute atomic E-state index is 12.3. The molecule has 2 aromatic rings. The van der Waals surface area contributed by atoms with Crippen molar-refractivity contribution < 1.29 is 19.1 Å². The lowest BCUT2D eigenvalue weighted by molar-refractivity contribution is -0.140. The second-order valence-corrected chi connectivity index (χ2v) is 8.41. The Morgan fingerprint density at radius 3 is 2.18 bits per heavy atom. The van der Waals surface area contributed by atoms with E-state index in [2.05, 4.69) is 48.2 Å². The van der Waals surface area contributed by atoms with Gasteiger partial charge < -0.3 is 14.8 Å². The number of aryl methyl sites for hydroxylation is 1. The van der Waals surface area contributed by atoms with Crippen LogP contribution in [0.25, 0.3) is 0 Å². The molecule has 1 N–H and O–H groups in total. The lowest BCUT2D eigenvalue weighted by Crippen LogP contribution is -2.26. The fraction of sp³-hybridized carbons (Fsp3) is 0.500. The minimum atomic E-state index is -0.341. The number of nitrogens with one attached hydrogen (secondary N) is 1. The SMILES string of the molecule is CCCCCc1ccc(OC(CCCCC)c2ccc(C(=O)NCCC(=O)OC)cc2)cc1. The molecule has 0 aliphatic rings. The molecule has 0 spiro atoms. The van der Waals surface area contributed by atoms with Crippen LogP contribution in [-0.2, 0) is 16.0 Å². The molecule has 0 radical (unpaired) electrons. The predicted octanol–water partition coefficient (Wildman–Crippen LogP) is 6.41. The molecule has 5 heteroatoms. The highest BCUT2D eigenvalue weighted by Crippen LogP contribution is 2.28. The smallest absolute Gasteiger partial charge is 0.307 e. The van der Waals surface area contributed by atoms with E-state index in [9.17, 15) is 9.59 Å². The molecular weight excluding hydrogens is 414 g/mol. The molecule has 0 saturated heterocycles. The van der Waals surface area contributed by atoms with Gasteiger partial charge in [-0.25, -0.2) is 0 Å². The monoisotopic (exact) mass is 453 g/mol. The number of unbranched alkanes of at least 4 members (excludes halogenated alkanes) is 4. The topological polar surface area (TPSA) is 64.6 Å². The van der Waals surface area contributed by atoms with Crippen molar-refractivity contribution >= 4 is 11.9 Å². The van der Waals surface area contributed by atoms with Crippen molar-refractivity contribution in [3.8, 4) is 5.75 Å². The van der Waals surface area contributed by atoms with Crippen molar-refractivity contribution in [1.29, 1.82) is 0 Å². The molecule has 33 heavy (non-hydrogen) atoms. The lowest BCUT2D eigenvalue weighted by atomic mass is 10.0. The van der Waals surface area contributed by atoms with Crippen LogP contribution < -0.4 is 10.1 Å². The number of ether oxygens (including phenoxy) is 2. The normalized spacial score (nSPS) is 11.6. The van der Waals surface area contributed by atoms with Gasteiger partial charge in [-0.1, -0.05) is 63.8 Å². The quantitative estimate of drug-likeness (QED) is 0.250. The van der Waals surface area contributed by atoms with Crippen LogP contribution >= 0.6 is 0 Å². The molecule has 1 amide bonds. The number of carbonyl (C=O) groups excluding carboxylic acids is 2. The first-order valence-electron chi connectivity index (χ1n) is 12.3. The highest BCUT2D eigenvalue weighted by molar-refractivity contribution is 5.94. The van der Waals surface area contributed by atoms with E-state index in [-0.39, 0.29) is 30.9 Å². The maximum atomic E-state index is 12.3. The molecular formula is C28H39NO4. The Kier molecular flexibility index (Phi) is 12.1. The molecule has 0 aromatic heterocycles. The summed E-state index contributed by atoms with van der Waals surface area (Å²) < 4.78 is 11.0. The summed E-state index contributed by atoms with van der Waals surface area (Å²) in [5.74, 6) is 0.333. The van der Waals surface area contributed by atoms with Crippen LogP contribution in [0.5, 0.6) is 5.75 Å². The van der Waals surface area contributed by atoms with Crippen LogP contribution in [0.15, 0.2) is 48.5 Å². The number of methoxy groups -OCH3 is 1. The largest absolute Gasteiger partial charge is 0.486 e. The molecule has 5 nitrogen and oxygen atoms in total. The number of esters is 1. The third-order valence-electron chi connectivity index (χ3n) is 5.73. The van der Waals surface area contributed by atoms with Gasteiger partial charge in [-0.05, 0) is 61.1 Å². The molecule has 0 fully saturated rings. The second-order valence-electron chi connectivity index (χ2n) is 8.41. The first-order valence-corrected chi connectivity index (χ1v) is 12.3. The Morgan fingerprint density at radius 1 is 0.879 bits per heavy atom. The van der Waals surface area contributed by atoms with Gasteiger partial charge in [-0.15, -0.1) is 0 Å². The lowest BCUT2D eigenvalue weighted by Gasteiger charge is -2.20. The van der Waals surface area contributed by atoms with Gasteiger partial charge in [-0.2, -0.15) is 0 Å². The van der Waals surface area contributed by atoms with E-state index in [0.717, 1.165) is 43.4 Å². The zero-order valence-electron chi connectivity index (χ0n) is 20.4. The standard InChI is InChI=1S/C28H39NO4/c1-4-6-8-10-22-12-18-25(19-13-22)33-26(11-9-7-5-2)23-14-16-24(17-15-23)28(31)29-21-20-27(30)32-3/h12-19,26H,4-11,20-21H2,1-3H3,(H,29,31). The zero-order valence-corrected chi connectivity index (χ0v) is 20.4. The van der Waals surface area contributed by atoms with Crippen LogP contribution in [0, 0.1) is 0 Å². The van der Waals surface area contributed by atoms with Crippen molar-refractivity contribution in [2.75, 3.05) is 13.7 Å². The number of hydrogen-bond donors (Lipinski definition) is 1. The van der Waals surface area contributed by atoms with E-state index in [1.165, 1.54) is 31.9 Å². The van der Waals surface area contributed by atoms with Crippen molar-refractivity contribution in [1.82, 2.24) is 5.32 Å². The molecule has 2 aromatic carbocycles. The molecule has 0 saturated carbocycles. The Balaban J connectivity index is 2.01. The maximum Gasteiger partial charge on any atom is 0.307 e. The van der Waals surface area contributed by atoms with E-state index in [1.54, 1.807) is 0 Å². The van der Waals surface area contributed by atoms with Crippen LogP contribution in [0.2, 0.25) is 0 Å². The Hall–Kier alpha value is -2.82. The first kappa shape index (κ1) is 26.4. The van der Waals surface area contributed by atoms with Crippen LogP contribution in [0.3, 0.4) is 0 Å². The summed E-state index contributed by atoms with van der Waals surface area (Å²) in [5, 5.41) is 2.75. The first-order chi connectivity index (χ1) is 16.1. The predicted molar refractivity (Wildman–Crippen MR) is 133 cm³/mol. The van der Waals surface area contributed by atoms with Gasteiger partial charge in [0.1, 0.15) is 11.9 Å². The number of hydrogen-bond acceptors (Lipinski definition) is 4. The molecule has 180 valence electrons. The average Bonchev–Trinajstić information content (AvgIpc) is 2.84. The summed E-state index contributed by atoms with van der Waals surface area (Å²) in [6.45, 7) is 4.67. The molecule has 1 atom stereocenters. The number of amides is 1. The van der Waals surface area contributed by atoms with Crippen molar-refractivity contribution in [2.24, 2.45) is 0 Å². The molecule has 0 bridgehead atoms. The summed E-state index contributed by atoms with van der Waals surface area (Å²) in [6, 6.07) is 16.0. The fourth-order valence-corrected chi connectivity index (χ4v) is 3.68. The van der Waals surface area contributed by atoms with Crippen LogP contribution in [-0.4, -0.2) is 25.5 Å². The van der Waals surface area contributed by atoms with E-state index in [1.807, 2.05) is 24.3 Å². The molecule has 1 unspecified atom stereocenters. The minimum absolute atomic E-state index is 0.0565. The van der Waals surface area contributed by atoms with Gasteiger partial charge in [0.2, 0.25) is 0 Å². The van der Waals surface area contributed by atoms with Gasteiger partial charge >= 0.3 is 5.97 Å². The van der Waals surface area contributed by atoms with E-state index < -0.39 is 0 Å². The van der Waals surface area contributed by atoms with E-state index >= 15 is 0 Å². The van der Waals surface area contributed by atoms with Crippen LogP contribution in [0.1, 0.15) is 92.8 Å². The van der Waals surface area contributed by atoms with E-state index in [0.29, 0.717) is 5.56 Å². The summed E-state index contributed by atoms with van der Waals surface area (Å²) in [6.07, 6.45) is 9.26. The number of benzene rings is 2. The van der Waals surface area contributed by atoms with Gasteiger partial charge in [0, 0.05) is 12.1 Å². The fourth-order valence-electron chi connectivity index (χ4n) is 3.68. The van der Waals surface area contributed by atoms with Gasteiger partial charge in [-0.3, -0.25) is 9.59 Å². The molecule has 0 heterocycles. The highest BCUT2D eigenvalue weighted by Gasteiger charge is 2.15. The summed E-state index contributed by atoms with van der Waals surface area (Å²) >= 11 is 0. The zero-order chi connectivity index (χ0) is 23.9. The average molecular weight is 454 g/mol.